The lowest BCUT2D eigenvalue weighted by Crippen LogP contribution is -2.17. The summed E-state index contributed by atoms with van der Waals surface area (Å²) in [5, 5.41) is 0. The predicted octanol–water partition coefficient (Wildman–Crippen LogP) is 0.638. The molecule has 1 saturated heterocycles. The quantitative estimate of drug-likeness (QED) is 0.541. The van der Waals surface area contributed by atoms with Crippen molar-refractivity contribution < 1.29 is 4.74 Å². The summed E-state index contributed by atoms with van der Waals surface area (Å²) in [5.74, 6) is 0.889. The van der Waals surface area contributed by atoms with Crippen LogP contribution in [-0.2, 0) is 4.74 Å². The molecule has 2 nitrogen and oxygen atoms in total. The van der Waals surface area contributed by atoms with Crippen LogP contribution in [0.25, 0.3) is 0 Å². The Kier molecular flexibility index (Phi) is 1.53. The Morgan fingerprint density at radius 2 is 2.62 bits per heavy atom. The summed E-state index contributed by atoms with van der Waals surface area (Å²) in [5.41, 5.74) is 5.33. The minimum absolute atomic E-state index is 0.252. The number of ether oxygens (including phenoxy) is 1. The van der Waals surface area contributed by atoms with E-state index in [9.17, 15) is 0 Å². The van der Waals surface area contributed by atoms with E-state index in [0.29, 0.717) is 6.54 Å². The highest BCUT2D eigenvalue weighted by Crippen LogP contribution is 2.19. The maximum Gasteiger partial charge on any atom is 0.111 e. The van der Waals surface area contributed by atoms with E-state index in [2.05, 4.69) is 6.58 Å². The van der Waals surface area contributed by atoms with E-state index in [1.807, 2.05) is 0 Å². The first-order valence-corrected chi connectivity index (χ1v) is 2.87. The van der Waals surface area contributed by atoms with Gasteiger partial charge in [0.15, 0.2) is 0 Å². The van der Waals surface area contributed by atoms with Crippen LogP contribution in [0.1, 0.15) is 12.8 Å². The molecule has 0 aromatic rings. The van der Waals surface area contributed by atoms with Gasteiger partial charge < -0.3 is 10.5 Å². The van der Waals surface area contributed by atoms with Gasteiger partial charge in [-0.15, -0.1) is 0 Å². The Hall–Kier alpha value is -0.500. The molecule has 2 heteroatoms. The van der Waals surface area contributed by atoms with E-state index in [1.54, 1.807) is 0 Å². The van der Waals surface area contributed by atoms with Gasteiger partial charge in [0.1, 0.15) is 6.10 Å². The van der Waals surface area contributed by atoms with Crippen LogP contribution in [0, 0.1) is 0 Å². The number of nitrogens with two attached hydrogens (primary N) is 1. The molecule has 1 aliphatic heterocycles. The van der Waals surface area contributed by atoms with Gasteiger partial charge in [0.2, 0.25) is 0 Å². The number of allylic oxidation sites excluding steroid dienone is 1. The Bertz CT molecular complexity index is 101. The predicted molar refractivity (Wildman–Crippen MR) is 32.3 cm³/mol. The number of hydrogen-bond acceptors (Lipinski definition) is 2. The van der Waals surface area contributed by atoms with Gasteiger partial charge in [-0.25, -0.2) is 0 Å². The first kappa shape index (κ1) is 5.63. The van der Waals surface area contributed by atoms with E-state index in [0.717, 1.165) is 18.6 Å². The molecule has 0 saturated carbocycles. The average Bonchev–Trinajstić information content (AvgIpc) is 2.14. The molecule has 0 radical (unpaired) electrons. The summed E-state index contributed by atoms with van der Waals surface area (Å²) >= 11 is 0. The standard InChI is InChI=1S/C6H11NO/c1-5-2-3-6(4-7)8-5/h6H,1-4,7H2. The van der Waals surface area contributed by atoms with Crippen molar-refractivity contribution in [2.75, 3.05) is 6.54 Å². The molecule has 1 aliphatic rings. The summed E-state index contributed by atoms with van der Waals surface area (Å²) in [6, 6.07) is 0. The molecular weight excluding hydrogens is 102 g/mol. The Labute approximate surface area is 49.3 Å². The van der Waals surface area contributed by atoms with E-state index in [-0.39, 0.29) is 6.10 Å². The Morgan fingerprint density at radius 1 is 1.88 bits per heavy atom. The van der Waals surface area contributed by atoms with Gasteiger partial charge in [-0.2, -0.15) is 0 Å². The van der Waals surface area contributed by atoms with Crippen LogP contribution in [0.5, 0.6) is 0 Å². The van der Waals surface area contributed by atoms with E-state index in [4.69, 9.17) is 10.5 Å². The third kappa shape index (κ3) is 1.01. The van der Waals surface area contributed by atoms with E-state index >= 15 is 0 Å². The largest absolute Gasteiger partial charge is 0.494 e. The van der Waals surface area contributed by atoms with Gasteiger partial charge in [0, 0.05) is 13.0 Å². The summed E-state index contributed by atoms with van der Waals surface area (Å²) < 4.78 is 5.19. The highest BCUT2D eigenvalue weighted by atomic mass is 16.5. The molecule has 0 spiro atoms. The second-order valence-corrected chi connectivity index (χ2v) is 2.05. The first-order chi connectivity index (χ1) is 3.83. The molecule has 1 heterocycles. The summed E-state index contributed by atoms with van der Waals surface area (Å²) in [7, 11) is 0. The first-order valence-electron chi connectivity index (χ1n) is 2.87. The van der Waals surface area contributed by atoms with Gasteiger partial charge in [0.25, 0.3) is 0 Å². The minimum atomic E-state index is 0.252. The zero-order valence-electron chi connectivity index (χ0n) is 4.89. The SMILES string of the molecule is C=C1CCC(CN)O1. The lowest BCUT2D eigenvalue weighted by atomic mass is 10.2. The molecule has 46 valence electrons. The van der Waals surface area contributed by atoms with Gasteiger partial charge in [-0.1, -0.05) is 6.58 Å². The molecular formula is C6H11NO. The molecule has 0 amide bonds. The molecule has 1 fully saturated rings. The lowest BCUT2D eigenvalue weighted by molar-refractivity contribution is 0.169. The molecule has 8 heavy (non-hydrogen) atoms. The highest BCUT2D eigenvalue weighted by Gasteiger charge is 2.16. The van der Waals surface area contributed by atoms with Gasteiger partial charge in [0.05, 0.1) is 5.76 Å². The fourth-order valence-corrected chi connectivity index (χ4v) is 0.841. The van der Waals surface area contributed by atoms with Gasteiger partial charge in [-0.05, 0) is 6.42 Å². The van der Waals surface area contributed by atoms with E-state index in [1.165, 1.54) is 0 Å². The van der Waals surface area contributed by atoms with Crippen LogP contribution >= 0.6 is 0 Å². The average molecular weight is 113 g/mol. The number of hydrogen-bond donors (Lipinski definition) is 1. The number of rotatable bonds is 1. The van der Waals surface area contributed by atoms with Crippen molar-refractivity contribution in [2.45, 2.75) is 18.9 Å². The van der Waals surface area contributed by atoms with E-state index < -0.39 is 0 Å². The molecule has 0 aromatic heterocycles. The fourth-order valence-electron chi connectivity index (χ4n) is 0.841. The highest BCUT2D eigenvalue weighted by molar-refractivity contribution is 4.91. The van der Waals surface area contributed by atoms with Crippen molar-refractivity contribution in [1.82, 2.24) is 0 Å². The zero-order chi connectivity index (χ0) is 5.98. The molecule has 1 atom stereocenters. The molecule has 1 unspecified atom stereocenters. The van der Waals surface area contributed by atoms with Crippen LogP contribution in [0.2, 0.25) is 0 Å². The Balaban J connectivity index is 2.32. The van der Waals surface area contributed by atoms with Gasteiger partial charge >= 0.3 is 0 Å². The van der Waals surface area contributed by atoms with Crippen LogP contribution < -0.4 is 5.73 Å². The molecule has 2 N–H and O–H groups in total. The second-order valence-electron chi connectivity index (χ2n) is 2.05. The van der Waals surface area contributed by atoms with Crippen molar-refractivity contribution in [1.29, 1.82) is 0 Å². The fraction of sp³-hybridized carbons (Fsp3) is 0.667. The molecule has 0 bridgehead atoms. The maximum atomic E-state index is 5.33. The van der Waals surface area contributed by atoms with Crippen molar-refractivity contribution in [2.24, 2.45) is 5.73 Å². The van der Waals surface area contributed by atoms with Gasteiger partial charge in [-0.3, -0.25) is 0 Å². The monoisotopic (exact) mass is 113 g/mol. The van der Waals surface area contributed by atoms with Crippen molar-refractivity contribution in [3.8, 4) is 0 Å². The van der Waals surface area contributed by atoms with Crippen LogP contribution in [-0.4, -0.2) is 12.6 Å². The topological polar surface area (TPSA) is 35.2 Å². The van der Waals surface area contributed by atoms with Crippen molar-refractivity contribution in [3.63, 3.8) is 0 Å². The van der Waals surface area contributed by atoms with Crippen LogP contribution in [0.4, 0.5) is 0 Å². The molecule has 0 aromatic carbocycles. The molecule has 0 aliphatic carbocycles. The smallest absolute Gasteiger partial charge is 0.111 e. The third-order valence-corrected chi connectivity index (χ3v) is 1.34. The van der Waals surface area contributed by atoms with Crippen LogP contribution in [0.15, 0.2) is 12.3 Å². The maximum absolute atomic E-state index is 5.33. The second kappa shape index (κ2) is 2.18. The van der Waals surface area contributed by atoms with Crippen molar-refractivity contribution >= 4 is 0 Å². The summed E-state index contributed by atoms with van der Waals surface area (Å²) in [6.07, 6.45) is 2.29. The summed E-state index contributed by atoms with van der Waals surface area (Å²) in [4.78, 5) is 0. The minimum Gasteiger partial charge on any atom is -0.494 e. The van der Waals surface area contributed by atoms with Crippen LogP contribution in [0.3, 0.4) is 0 Å². The molecule has 1 rings (SSSR count). The zero-order valence-corrected chi connectivity index (χ0v) is 4.89. The van der Waals surface area contributed by atoms with Crippen molar-refractivity contribution in [3.05, 3.63) is 12.3 Å². The lowest BCUT2D eigenvalue weighted by Gasteiger charge is -2.04. The third-order valence-electron chi connectivity index (χ3n) is 1.34. The Morgan fingerprint density at radius 3 is 2.88 bits per heavy atom. The summed E-state index contributed by atoms with van der Waals surface area (Å²) in [6.45, 7) is 4.30. The normalized spacial score (nSPS) is 28.1.